The van der Waals surface area contributed by atoms with Gasteiger partial charge in [0.25, 0.3) is 0 Å². The Bertz CT molecular complexity index is 1140. The second-order valence-electron chi connectivity index (χ2n) is 8.55. The lowest BCUT2D eigenvalue weighted by molar-refractivity contribution is -0.137. The van der Waals surface area contributed by atoms with Gasteiger partial charge >= 0.3 is 6.03 Å². The van der Waals surface area contributed by atoms with Crippen molar-refractivity contribution in [1.82, 2.24) is 20.4 Å². The molecule has 32 heavy (non-hydrogen) atoms. The lowest BCUT2D eigenvalue weighted by Gasteiger charge is -2.41. The van der Waals surface area contributed by atoms with Gasteiger partial charge in [0.15, 0.2) is 0 Å². The van der Waals surface area contributed by atoms with Crippen molar-refractivity contribution in [2.45, 2.75) is 44.7 Å². The molecule has 0 bridgehead atoms. The molecule has 2 aromatic carbocycles. The van der Waals surface area contributed by atoms with Crippen LogP contribution in [0.2, 0.25) is 5.02 Å². The van der Waals surface area contributed by atoms with E-state index in [1.165, 1.54) is 4.90 Å². The van der Waals surface area contributed by atoms with Crippen molar-refractivity contribution in [3.8, 4) is 11.4 Å². The van der Waals surface area contributed by atoms with Crippen LogP contribution < -0.4 is 5.32 Å². The topological polar surface area (TPSA) is 88.3 Å². The number of hydrogen-bond donors (Lipinski definition) is 1. The summed E-state index contributed by atoms with van der Waals surface area (Å²) in [5.41, 5.74) is 2.90. The average molecular weight is 451 g/mol. The molecule has 3 unspecified atom stereocenters. The van der Waals surface area contributed by atoms with Gasteiger partial charge in [0.05, 0.1) is 12.5 Å². The zero-order chi connectivity index (χ0) is 22.2. The van der Waals surface area contributed by atoms with E-state index in [4.69, 9.17) is 16.1 Å². The molecule has 3 aromatic rings. The van der Waals surface area contributed by atoms with Gasteiger partial charge in [-0.15, -0.1) is 0 Å². The number of imide groups is 1. The van der Waals surface area contributed by atoms with Gasteiger partial charge < -0.3 is 9.84 Å². The first-order chi connectivity index (χ1) is 15.5. The van der Waals surface area contributed by atoms with Crippen LogP contribution in [0, 0.1) is 12.8 Å². The number of halogens is 1. The Morgan fingerprint density at radius 1 is 1.09 bits per heavy atom. The first kappa shape index (κ1) is 20.7. The maximum atomic E-state index is 13.1. The molecule has 1 N–H and O–H groups in total. The molecule has 3 amide bonds. The number of carbonyl (C=O) groups excluding carboxylic acids is 2. The number of amides is 3. The first-order valence-corrected chi connectivity index (χ1v) is 11.1. The summed E-state index contributed by atoms with van der Waals surface area (Å²) in [6.45, 7) is 2.29. The molecule has 2 fully saturated rings. The Labute approximate surface area is 190 Å². The van der Waals surface area contributed by atoms with Gasteiger partial charge in [-0.05, 0) is 56.0 Å². The Hall–Kier alpha value is -3.19. The summed E-state index contributed by atoms with van der Waals surface area (Å²) in [5, 5.41) is 7.78. The number of hydrogen-bond acceptors (Lipinski definition) is 5. The number of rotatable bonds is 4. The molecule has 0 radical (unpaired) electrons. The first-order valence-electron chi connectivity index (χ1n) is 10.7. The molecular formula is C24H23ClN4O3. The smallest absolute Gasteiger partial charge is 0.324 e. The molecule has 8 heteroatoms. The third-order valence-corrected chi connectivity index (χ3v) is 6.59. The monoisotopic (exact) mass is 450 g/mol. The Balaban J connectivity index is 1.27. The molecular weight excluding hydrogens is 428 g/mol. The van der Waals surface area contributed by atoms with E-state index in [2.05, 4.69) is 15.5 Å². The van der Waals surface area contributed by atoms with Gasteiger partial charge in [0.2, 0.25) is 17.6 Å². The van der Waals surface area contributed by atoms with E-state index in [1.807, 2.05) is 43.3 Å². The van der Waals surface area contributed by atoms with Crippen LogP contribution in [0.1, 0.15) is 42.2 Å². The molecule has 1 saturated carbocycles. The third-order valence-electron chi connectivity index (χ3n) is 6.34. The lowest BCUT2D eigenvalue weighted by atomic mass is 9.76. The summed E-state index contributed by atoms with van der Waals surface area (Å²) in [4.78, 5) is 31.7. The zero-order valence-electron chi connectivity index (χ0n) is 17.6. The van der Waals surface area contributed by atoms with Crippen molar-refractivity contribution in [3.05, 3.63) is 70.6 Å². The molecule has 2 aliphatic rings. The summed E-state index contributed by atoms with van der Waals surface area (Å²) in [6.07, 6.45) is 2.02. The SMILES string of the molecule is Cc1ccc(CN2C(=O)NC3CC(c4nc(-c5ccc(Cl)cc5)no4)CCC3C2=O)cc1. The van der Waals surface area contributed by atoms with Gasteiger partial charge in [-0.2, -0.15) is 4.98 Å². The molecule has 0 spiro atoms. The van der Waals surface area contributed by atoms with E-state index < -0.39 is 0 Å². The Morgan fingerprint density at radius 3 is 2.59 bits per heavy atom. The van der Waals surface area contributed by atoms with E-state index in [-0.39, 0.29) is 36.4 Å². The van der Waals surface area contributed by atoms with Crippen LogP contribution in [0.5, 0.6) is 0 Å². The second-order valence-corrected chi connectivity index (χ2v) is 8.98. The summed E-state index contributed by atoms with van der Waals surface area (Å²) in [5.74, 6) is 0.712. The average Bonchev–Trinajstić information content (AvgIpc) is 3.28. The number of aromatic nitrogens is 2. The maximum Gasteiger partial charge on any atom is 0.324 e. The summed E-state index contributed by atoms with van der Waals surface area (Å²) >= 11 is 5.95. The van der Waals surface area contributed by atoms with Gasteiger partial charge in [-0.3, -0.25) is 9.69 Å². The highest BCUT2D eigenvalue weighted by Gasteiger charge is 2.45. The van der Waals surface area contributed by atoms with E-state index in [0.717, 1.165) is 23.1 Å². The highest BCUT2D eigenvalue weighted by molar-refractivity contribution is 6.30. The molecule has 3 atom stereocenters. The fourth-order valence-corrected chi connectivity index (χ4v) is 4.66. The van der Waals surface area contributed by atoms with Crippen LogP contribution in [0.4, 0.5) is 4.79 Å². The molecule has 1 aliphatic carbocycles. The van der Waals surface area contributed by atoms with Crippen LogP contribution in [-0.2, 0) is 11.3 Å². The largest absolute Gasteiger partial charge is 0.339 e. The van der Waals surface area contributed by atoms with Crippen molar-refractivity contribution in [2.75, 3.05) is 0 Å². The van der Waals surface area contributed by atoms with Crippen LogP contribution in [0.15, 0.2) is 53.1 Å². The fourth-order valence-electron chi connectivity index (χ4n) is 4.53. The van der Waals surface area contributed by atoms with Crippen molar-refractivity contribution >= 4 is 23.5 Å². The number of nitrogens with one attached hydrogen (secondary N) is 1. The van der Waals surface area contributed by atoms with Crippen molar-refractivity contribution in [3.63, 3.8) is 0 Å². The zero-order valence-corrected chi connectivity index (χ0v) is 18.4. The molecule has 7 nitrogen and oxygen atoms in total. The van der Waals surface area contributed by atoms with Crippen LogP contribution >= 0.6 is 11.6 Å². The molecule has 1 aliphatic heterocycles. The van der Waals surface area contributed by atoms with Crippen LogP contribution in [0.25, 0.3) is 11.4 Å². The third kappa shape index (κ3) is 4.00. The van der Waals surface area contributed by atoms with Gasteiger partial charge in [-0.25, -0.2) is 4.79 Å². The van der Waals surface area contributed by atoms with Crippen molar-refractivity contribution in [2.24, 2.45) is 5.92 Å². The highest BCUT2D eigenvalue weighted by Crippen LogP contribution is 2.38. The lowest BCUT2D eigenvalue weighted by Crippen LogP contribution is -2.60. The summed E-state index contributed by atoms with van der Waals surface area (Å²) in [7, 11) is 0. The second kappa shape index (κ2) is 8.39. The summed E-state index contributed by atoms with van der Waals surface area (Å²) < 4.78 is 5.53. The van der Waals surface area contributed by atoms with Crippen molar-refractivity contribution < 1.29 is 14.1 Å². The predicted octanol–water partition coefficient (Wildman–Crippen LogP) is 4.70. The molecule has 164 valence electrons. The fraction of sp³-hybridized carbons (Fsp3) is 0.333. The minimum Gasteiger partial charge on any atom is -0.339 e. The molecule has 1 aromatic heterocycles. The normalized spacial score (nSPS) is 23.1. The van der Waals surface area contributed by atoms with Crippen LogP contribution in [0.3, 0.4) is 0 Å². The van der Waals surface area contributed by atoms with Crippen LogP contribution in [-0.4, -0.2) is 33.0 Å². The van der Waals surface area contributed by atoms with E-state index in [0.29, 0.717) is 29.6 Å². The number of carbonyl (C=O) groups is 2. The predicted molar refractivity (Wildman–Crippen MR) is 119 cm³/mol. The summed E-state index contributed by atoms with van der Waals surface area (Å²) in [6, 6.07) is 14.6. The Morgan fingerprint density at radius 2 is 1.84 bits per heavy atom. The maximum absolute atomic E-state index is 13.1. The number of benzene rings is 2. The standard InChI is InChI=1S/C24H23ClN4O3/c1-14-2-4-15(5-3-14)13-29-23(30)19-11-8-17(12-20(19)26-24(29)31)22-27-21(28-32-22)16-6-9-18(25)10-7-16/h2-7,9-10,17,19-20H,8,11-13H2,1H3,(H,26,31). The van der Waals surface area contributed by atoms with E-state index >= 15 is 0 Å². The van der Waals surface area contributed by atoms with Gasteiger partial charge in [0.1, 0.15) is 0 Å². The minimum atomic E-state index is -0.343. The minimum absolute atomic E-state index is 0.00143. The number of fused-ring (bicyclic) bond motifs is 1. The molecule has 2 heterocycles. The number of aryl methyl sites for hydroxylation is 1. The van der Waals surface area contributed by atoms with E-state index in [9.17, 15) is 9.59 Å². The van der Waals surface area contributed by atoms with Crippen molar-refractivity contribution in [1.29, 1.82) is 0 Å². The number of nitrogens with zero attached hydrogens (tertiary/aromatic N) is 3. The quantitative estimate of drug-likeness (QED) is 0.622. The highest BCUT2D eigenvalue weighted by atomic mass is 35.5. The van der Waals surface area contributed by atoms with Gasteiger partial charge in [0, 0.05) is 22.5 Å². The Kier molecular flexibility index (Phi) is 5.43. The van der Waals surface area contributed by atoms with E-state index in [1.54, 1.807) is 12.1 Å². The molecule has 1 saturated heterocycles. The van der Waals surface area contributed by atoms with Gasteiger partial charge in [-0.1, -0.05) is 46.6 Å². The molecule has 5 rings (SSSR count). The number of urea groups is 1.